The van der Waals surface area contributed by atoms with Gasteiger partial charge in [-0.15, -0.1) is 0 Å². The molecule has 0 aliphatic carbocycles. The van der Waals surface area contributed by atoms with Crippen LogP contribution in [-0.2, 0) is 0 Å². The zero-order valence-electron chi connectivity index (χ0n) is 27.2. The van der Waals surface area contributed by atoms with E-state index in [1.165, 1.54) is 27.5 Å². The zero-order valence-corrected chi connectivity index (χ0v) is 27.2. The highest BCUT2D eigenvalue weighted by Crippen LogP contribution is 2.47. The van der Waals surface area contributed by atoms with Crippen LogP contribution in [-0.4, -0.2) is 0 Å². The first-order chi connectivity index (χ1) is 24.2. The van der Waals surface area contributed by atoms with Crippen molar-refractivity contribution in [2.24, 2.45) is 0 Å². The Morgan fingerprint density at radius 2 is 0.959 bits per heavy atom. The third-order valence-corrected chi connectivity index (χ3v) is 9.47. The van der Waals surface area contributed by atoms with E-state index in [-0.39, 0.29) is 0 Å². The largest absolute Gasteiger partial charge is 0.453 e. The molecule has 0 unspecified atom stereocenters. The molecule has 0 fully saturated rings. The molecule has 232 valence electrons. The zero-order chi connectivity index (χ0) is 32.7. The summed E-state index contributed by atoms with van der Waals surface area (Å²) < 4.78 is 7.13. The lowest BCUT2D eigenvalue weighted by molar-refractivity contribution is 0.670. The van der Waals surface area contributed by atoms with Gasteiger partial charge in [-0.3, -0.25) is 0 Å². The Balaban J connectivity index is 1.34. The highest BCUT2D eigenvalue weighted by molar-refractivity contribution is 6.24. The van der Waals surface area contributed by atoms with E-state index in [1.807, 2.05) is 0 Å². The van der Waals surface area contributed by atoms with E-state index in [0.717, 1.165) is 61.3 Å². The summed E-state index contributed by atoms with van der Waals surface area (Å²) in [6.07, 6.45) is 0. The summed E-state index contributed by atoms with van der Waals surface area (Å²) >= 11 is 0. The summed E-state index contributed by atoms with van der Waals surface area (Å²) in [4.78, 5) is 2.35. The summed E-state index contributed by atoms with van der Waals surface area (Å²) in [6, 6.07) is 64.9. The van der Waals surface area contributed by atoms with E-state index in [9.17, 15) is 0 Å². The fourth-order valence-corrected chi connectivity index (χ4v) is 7.14. The Bertz CT molecular complexity index is 2520. The van der Waals surface area contributed by atoms with Gasteiger partial charge in [-0.1, -0.05) is 151 Å². The molecular weight excluding hydrogens is 595 g/mol. The number of benzene rings is 8. The van der Waals surface area contributed by atoms with E-state index in [4.69, 9.17) is 4.42 Å². The van der Waals surface area contributed by atoms with E-state index < -0.39 is 0 Å². The first kappa shape index (κ1) is 28.8. The van der Waals surface area contributed by atoms with Gasteiger partial charge in [-0.25, -0.2) is 0 Å². The minimum atomic E-state index is 0.860. The highest BCUT2D eigenvalue weighted by atomic mass is 16.3. The predicted octanol–water partition coefficient (Wildman–Crippen LogP) is 13.5. The predicted molar refractivity (Wildman–Crippen MR) is 207 cm³/mol. The number of para-hydroxylation sites is 1. The maximum Gasteiger partial charge on any atom is 0.159 e. The topological polar surface area (TPSA) is 16.4 Å². The van der Waals surface area contributed by atoms with Crippen molar-refractivity contribution in [1.82, 2.24) is 0 Å². The van der Waals surface area contributed by atoms with Crippen LogP contribution < -0.4 is 4.90 Å². The molecule has 1 aromatic heterocycles. The van der Waals surface area contributed by atoms with Gasteiger partial charge in [-0.05, 0) is 81.9 Å². The molecule has 9 aromatic rings. The molecule has 1 heterocycles. The second-order valence-electron chi connectivity index (χ2n) is 12.6. The summed E-state index contributed by atoms with van der Waals surface area (Å²) in [6.45, 7) is 2.16. The molecule has 8 aromatic carbocycles. The van der Waals surface area contributed by atoms with Crippen molar-refractivity contribution in [3.63, 3.8) is 0 Å². The fourth-order valence-electron chi connectivity index (χ4n) is 7.14. The van der Waals surface area contributed by atoms with Gasteiger partial charge in [0.15, 0.2) is 5.58 Å². The van der Waals surface area contributed by atoms with Gasteiger partial charge in [-0.2, -0.15) is 0 Å². The lowest BCUT2D eigenvalue weighted by Gasteiger charge is -2.26. The van der Waals surface area contributed by atoms with Gasteiger partial charge >= 0.3 is 0 Å². The average molecular weight is 628 g/mol. The normalized spacial score (nSPS) is 11.4. The first-order valence-electron chi connectivity index (χ1n) is 16.8. The van der Waals surface area contributed by atoms with Crippen LogP contribution in [0.25, 0.3) is 66.1 Å². The van der Waals surface area contributed by atoms with Gasteiger partial charge in [0.1, 0.15) is 5.58 Å². The van der Waals surface area contributed by atoms with Crippen LogP contribution in [0.15, 0.2) is 186 Å². The Hall–Kier alpha value is -6.38. The summed E-state index contributed by atoms with van der Waals surface area (Å²) in [5.74, 6) is 0. The monoisotopic (exact) mass is 627 g/mol. The SMILES string of the molecule is Cc1ccc2cc(-c3ccccc3)c3oc4c(N(c5cccc(-c6ccccc6)c5)c5cccc(-c6ccccc6)c5)cccc4c3c2c1. The molecule has 2 heteroatoms. The average Bonchev–Trinajstić information content (AvgIpc) is 3.57. The van der Waals surface area contributed by atoms with Gasteiger partial charge in [0.05, 0.1) is 5.69 Å². The van der Waals surface area contributed by atoms with Gasteiger partial charge < -0.3 is 9.32 Å². The number of fused-ring (bicyclic) bond motifs is 5. The smallest absolute Gasteiger partial charge is 0.159 e. The van der Waals surface area contributed by atoms with Crippen molar-refractivity contribution in [2.75, 3.05) is 4.90 Å². The lowest BCUT2D eigenvalue weighted by Crippen LogP contribution is -2.10. The number of hydrogen-bond donors (Lipinski definition) is 0. The molecule has 0 saturated heterocycles. The number of aryl methyl sites for hydroxylation is 1. The minimum absolute atomic E-state index is 0.860. The molecule has 0 radical (unpaired) electrons. The molecule has 0 N–H and O–H groups in total. The molecule has 0 spiro atoms. The van der Waals surface area contributed by atoms with Crippen LogP contribution >= 0.6 is 0 Å². The Morgan fingerprint density at radius 3 is 1.57 bits per heavy atom. The van der Waals surface area contributed by atoms with Crippen molar-refractivity contribution in [3.8, 4) is 33.4 Å². The van der Waals surface area contributed by atoms with E-state index in [1.54, 1.807) is 0 Å². The van der Waals surface area contributed by atoms with E-state index >= 15 is 0 Å². The van der Waals surface area contributed by atoms with Crippen LogP contribution in [0.4, 0.5) is 17.1 Å². The molecule has 0 saturated carbocycles. The second kappa shape index (κ2) is 12.0. The Kier molecular flexibility index (Phi) is 7.06. The van der Waals surface area contributed by atoms with Crippen molar-refractivity contribution in [1.29, 1.82) is 0 Å². The summed E-state index contributed by atoms with van der Waals surface area (Å²) in [7, 11) is 0. The van der Waals surface area contributed by atoms with E-state index in [0.29, 0.717) is 0 Å². The number of hydrogen-bond acceptors (Lipinski definition) is 2. The lowest BCUT2D eigenvalue weighted by atomic mass is 9.95. The van der Waals surface area contributed by atoms with E-state index in [2.05, 4.69) is 194 Å². The molecule has 2 nitrogen and oxygen atoms in total. The molecule has 9 rings (SSSR count). The van der Waals surface area contributed by atoms with Crippen LogP contribution in [0.5, 0.6) is 0 Å². The van der Waals surface area contributed by atoms with Crippen LogP contribution in [0.1, 0.15) is 5.56 Å². The van der Waals surface area contributed by atoms with Crippen molar-refractivity contribution >= 4 is 49.8 Å². The number of rotatable bonds is 6. The fraction of sp³-hybridized carbons (Fsp3) is 0.0213. The van der Waals surface area contributed by atoms with Crippen molar-refractivity contribution in [3.05, 3.63) is 188 Å². The standard InChI is InChI=1S/C47H33NO/c1-32-26-27-38-31-43(35-18-9-4-10-19-35)47-45(42(38)28-32)41-24-13-25-44(46(41)49-47)48(39-22-11-20-36(29-39)33-14-5-2-6-15-33)40-23-12-21-37(30-40)34-16-7-3-8-17-34/h2-31H,1H3. The minimum Gasteiger partial charge on any atom is -0.453 e. The molecular formula is C47H33NO. The third-order valence-electron chi connectivity index (χ3n) is 9.47. The van der Waals surface area contributed by atoms with Gasteiger partial charge in [0.25, 0.3) is 0 Å². The van der Waals surface area contributed by atoms with Gasteiger partial charge in [0, 0.05) is 27.7 Å². The van der Waals surface area contributed by atoms with Crippen molar-refractivity contribution < 1.29 is 4.42 Å². The Labute approximate surface area is 286 Å². The molecule has 0 aliphatic rings. The molecule has 49 heavy (non-hydrogen) atoms. The molecule has 0 aliphatic heterocycles. The maximum absolute atomic E-state index is 7.13. The molecule has 0 atom stereocenters. The number of nitrogens with zero attached hydrogens (tertiary/aromatic N) is 1. The van der Waals surface area contributed by atoms with Crippen LogP contribution in [0.3, 0.4) is 0 Å². The molecule has 0 bridgehead atoms. The highest BCUT2D eigenvalue weighted by Gasteiger charge is 2.23. The van der Waals surface area contributed by atoms with Crippen molar-refractivity contribution in [2.45, 2.75) is 6.92 Å². The maximum atomic E-state index is 7.13. The van der Waals surface area contributed by atoms with Crippen LogP contribution in [0.2, 0.25) is 0 Å². The first-order valence-corrected chi connectivity index (χ1v) is 16.8. The second-order valence-corrected chi connectivity index (χ2v) is 12.6. The molecule has 0 amide bonds. The third kappa shape index (κ3) is 5.15. The number of furan rings is 1. The van der Waals surface area contributed by atoms with Gasteiger partial charge in [0.2, 0.25) is 0 Å². The number of anilines is 3. The quantitative estimate of drug-likeness (QED) is 0.182. The summed E-state index contributed by atoms with van der Waals surface area (Å²) in [5, 5.41) is 4.65. The van der Waals surface area contributed by atoms with Crippen LogP contribution in [0, 0.1) is 6.92 Å². The Morgan fingerprint density at radius 1 is 0.408 bits per heavy atom. The summed E-state index contributed by atoms with van der Waals surface area (Å²) in [5.41, 5.74) is 13.0.